The van der Waals surface area contributed by atoms with Crippen LogP contribution in [0.5, 0.6) is 0 Å². The average molecular weight is 303 g/mol. The van der Waals surface area contributed by atoms with Crippen molar-refractivity contribution in [1.82, 2.24) is 4.98 Å². The van der Waals surface area contributed by atoms with Crippen LogP contribution >= 0.6 is 11.3 Å². The van der Waals surface area contributed by atoms with Gasteiger partial charge >= 0.3 is 5.97 Å². The van der Waals surface area contributed by atoms with Crippen LogP contribution in [0.2, 0.25) is 0 Å². The highest BCUT2D eigenvalue weighted by Gasteiger charge is 2.10. The number of likely N-dealkylation sites (N-methyl/N-ethyl adjacent to an activating group) is 1. The molecule has 0 saturated carbocycles. The van der Waals surface area contributed by atoms with Gasteiger partial charge in [0.15, 0.2) is 0 Å². The van der Waals surface area contributed by atoms with Crippen molar-refractivity contribution in [2.75, 3.05) is 25.1 Å². The van der Waals surface area contributed by atoms with Crippen molar-refractivity contribution in [3.63, 3.8) is 0 Å². The summed E-state index contributed by atoms with van der Waals surface area (Å²) in [4.78, 5) is 17.0. The SMILES string of the molecule is CN(CCO)c1ccc2nc(/C=C(\C#N)C(=O)O)sc2c1. The monoisotopic (exact) mass is 303 g/mol. The number of aliphatic hydroxyl groups is 1. The smallest absolute Gasteiger partial charge is 0.346 e. The van der Waals surface area contributed by atoms with Gasteiger partial charge in [-0.3, -0.25) is 0 Å². The molecule has 0 bridgehead atoms. The van der Waals surface area contributed by atoms with Crippen molar-refractivity contribution in [2.24, 2.45) is 0 Å². The predicted molar refractivity (Wildman–Crippen MR) is 81.2 cm³/mol. The number of carbonyl (C=O) groups is 1. The van der Waals surface area contributed by atoms with E-state index in [1.54, 1.807) is 6.07 Å². The third kappa shape index (κ3) is 3.37. The Hall–Kier alpha value is -2.43. The number of nitriles is 1. The van der Waals surface area contributed by atoms with Crippen LogP contribution in [-0.2, 0) is 4.79 Å². The van der Waals surface area contributed by atoms with Crippen LogP contribution in [0.4, 0.5) is 5.69 Å². The fourth-order valence-corrected chi connectivity index (χ4v) is 2.72. The minimum absolute atomic E-state index is 0.0648. The molecule has 2 rings (SSSR count). The van der Waals surface area contributed by atoms with Crippen LogP contribution in [0.25, 0.3) is 16.3 Å². The highest BCUT2D eigenvalue weighted by Crippen LogP contribution is 2.27. The molecule has 0 unspecified atom stereocenters. The molecule has 0 amide bonds. The molecule has 2 aromatic rings. The summed E-state index contributed by atoms with van der Waals surface area (Å²) in [5.41, 5.74) is 1.34. The Bertz CT molecular complexity index is 745. The van der Waals surface area contributed by atoms with Gasteiger partial charge in [-0.25, -0.2) is 9.78 Å². The maximum Gasteiger partial charge on any atom is 0.346 e. The van der Waals surface area contributed by atoms with Gasteiger partial charge in [-0.1, -0.05) is 0 Å². The summed E-state index contributed by atoms with van der Waals surface area (Å²) in [6.45, 7) is 0.587. The molecule has 1 aromatic carbocycles. The van der Waals surface area contributed by atoms with Crippen LogP contribution in [0.3, 0.4) is 0 Å². The van der Waals surface area contributed by atoms with E-state index in [4.69, 9.17) is 15.5 Å². The molecule has 1 heterocycles. The Morgan fingerprint density at radius 2 is 2.33 bits per heavy atom. The number of nitrogens with zero attached hydrogens (tertiary/aromatic N) is 3. The topological polar surface area (TPSA) is 97.5 Å². The van der Waals surface area contributed by atoms with E-state index in [2.05, 4.69) is 4.98 Å². The number of rotatable bonds is 5. The number of aliphatic hydroxyl groups excluding tert-OH is 1. The standard InChI is InChI=1S/C14H13N3O3S/c1-17(4-5-18)10-2-3-11-12(7-10)21-13(16-11)6-9(8-15)14(19)20/h2-3,6-7,18H,4-5H2,1H3,(H,19,20)/b9-6+. The second kappa shape index (κ2) is 6.35. The molecule has 21 heavy (non-hydrogen) atoms. The molecule has 0 aliphatic heterocycles. The second-order valence-corrected chi connectivity index (χ2v) is 5.39. The van der Waals surface area contributed by atoms with Gasteiger partial charge in [0.25, 0.3) is 0 Å². The van der Waals surface area contributed by atoms with Crippen LogP contribution in [0.15, 0.2) is 23.8 Å². The lowest BCUT2D eigenvalue weighted by Crippen LogP contribution is -2.20. The summed E-state index contributed by atoms with van der Waals surface area (Å²) < 4.78 is 0.895. The number of anilines is 1. The molecule has 0 spiro atoms. The predicted octanol–water partition coefficient (Wildman–Crippen LogP) is 1.72. The van der Waals surface area contributed by atoms with Gasteiger partial charge < -0.3 is 15.1 Å². The molecule has 0 aliphatic carbocycles. The van der Waals surface area contributed by atoms with Gasteiger partial charge in [-0.05, 0) is 24.3 Å². The summed E-state index contributed by atoms with van der Waals surface area (Å²) in [6, 6.07) is 7.27. The maximum absolute atomic E-state index is 10.8. The van der Waals surface area contributed by atoms with E-state index in [0.29, 0.717) is 11.6 Å². The molecule has 0 atom stereocenters. The molecule has 6 nitrogen and oxygen atoms in total. The zero-order valence-corrected chi connectivity index (χ0v) is 12.1. The van der Waals surface area contributed by atoms with Crippen molar-refractivity contribution in [1.29, 1.82) is 5.26 Å². The molecule has 0 fully saturated rings. The highest BCUT2D eigenvalue weighted by atomic mass is 32.1. The Morgan fingerprint density at radius 3 is 2.95 bits per heavy atom. The first-order chi connectivity index (χ1) is 10.0. The molecule has 0 aliphatic rings. The largest absolute Gasteiger partial charge is 0.477 e. The van der Waals surface area contributed by atoms with Gasteiger partial charge in [0.05, 0.1) is 16.8 Å². The van der Waals surface area contributed by atoms with E-state index in [9.17, 15) is 4.79 Å². The number of aromatic nitrogens is 1. The third-order valence-corrected chi connectivity index (χ3v) is 3.85. The van der Waals surface area contributed by atoms with Crippen molar-refractivity contribution in [3.8, 4) is 6.07 Å². The zero-order chi connectivity index (χ0) is 15.4. The fourth-order valence-electron chi connectivity index (χ4n) is 1.77. The van der Waals surface area contributed by atoms with Crippen LogP contribution in [0.1, 0.15) is 5.01 Å². The average Bonchev–Trinajstić information content (AvgIpc) is 2.86. The number of carboxylic acid groups (broad SMARTS) is 1. The first kappa shape index (κ1) is 15.0. The minimum atomic E-state index is -1.26. The first-order valence-electron chi connectivity index (χ1n) is 6.13. The third-order valence-electron chi connectivity index (χ3n) is 2.88. The summed E-state index contributed by atoms with van der Waals surface area (Å²) >= 11 is 1.32. The quantitative estimate of drug-likeness (QED) is 0.644. The van der Waals surface area contributed by atoms with Gasteiger partial charge in [0.2, 0.25) is 0 Å². The van der Waals surface area contributed by atoms with E-state index < -0.39 is 5.97 Å². The Balaban J connectivity index is 2.39. The Kier molecular flexibility index (Phi) is 4.52. The molecular formula is C14H13N3O3S. The van der Waals surface area contributed by atoms with E-state index in [0.717, 1.165) is 15.9 Å². The van der Waals surface area contributed by atoms with Crippen molar-refractivity contribution in [2.45, 2.75) is 0 Å². The van der Waals surface area contributed by atoms with Gasteiger partial charge in [-0.15, -0.1) is 11.3 Å². The lowest BCUT2D eigenvalue weighted by molar-refractivity contribution is -0.132. The first-order valence-corrected chi connectivity index (χ1v) is 6.94. The van der Waals surface area contributed by atoms with Crippen molar-refractivity contribution < 1.29 is 15.0 Å². The molecule has 0 saturated heterocycles. The number of thiazole rings is 1. The van der Waals surface area contributed by atoms with Gasteiger partial charge in [0.1, 0.15) is 16.6 Å². The molecule has 1 aromatic heterocycles. The van der Waals surface area contributed by atoms with Gasteiger partial charge in [0, 0.05) is 19.3 Å². The number of aliphatic carboxylic acids is 1. The summed E-state index contributed by atoms with van der Waals surface area (Å²) in [5.74, 6) is -1.26. The fraction of sp³-hybridized carbons (Fsp3) is 0.214. The minimum Gasteiger partial charge on any atom is -0.477 e. The van der Waals surface area contributed by atoms with Crippen molar-refractivity contribution >= 4 is 39.3 Å². The van der Waals surface area contributed by atoms with E-state index >= 15 is 0 Å². The van der Waals surface area contributed by atoms with Gasteiger partial charge in [-0.2, -0.15) is 5.26 Å². The molecule has 2 N–H and O–H groups in total. The summed E-state index contributed by atoms with van der Waals surface area (Å²) in [6.07, 6.45) is 1.27. The zero-order valence-electron chi connectivity index (χ0n) is 11.3. The lowest BCUT2D eigenvalue weighted by Gasteiger charge is -2.17. The molecular weight excluding hydrogens is 290 g/mol. The van der Waals surface area contributed by atoms with Crippen LogP contribution < -0.4 is 4.90 Å². The van der Waals surface area contributed by atoms with E-state index in [1.165, 1.54) is 17.4 Å². The maximum atomic E-state index is 10.8. The van der Waals surface area contributed by atoms with Crippen LogP contribution in [-0.4, -0.2) is 41.4 Å². The van der Waals surface area contributed by atoms with E-state index in [-0.39, 0.29) is 12.2 Å². The molecule has 0 radical (unpaired) electrons. The number of hydrogen-bond donors (Lipinski definition) is 2. The van der Waals surface area contributed by atoms with Crippen molar-refractivity contribution in [3.05, 3.63) is 28.8 Å². The van der Waals surface area contributed by atoms with E-state index in [1.807, 2.05) is 30.1 Å². The molecule has 7 heteroatoms. The lowest BCUT2D eigenvalue weighted by atomic mass is 10.2. The Labute approximate surface area is 125 Å². The number of fused-ring (bicyclic) bond motifs is 1. The summed E-state index contributed by atoms with van der Waals surface area (Å²) in [7, 11) is 1.87. The number of carboxylic acids is 1. The normalized spacial score (nSPS) is 11.4. The highest BCUT2D eigenvalue weighted by molar-refractivity contribution is 7.19. The summed E-state index contributed by atoms with van der Waals surface area (Å²) in [5, 5.41) is 27.0. The Morgan fingerprint density at radius 1 is 1.57 bits per heavy atom. The number of hydrogen-bond acceptors (Lipinski definition) is 6. The number of benzene rings is 1. The second-order valence-electron chi connectivity index (χ2n) is 4.32. The molecule has 108 valence electrons. The van der Waals surface area contributed by atoms with Crippen LogP contribution in [0, 0.1) is 11.3 Å².